The molecule has 176 valence electrons. The predicted octanol–water partition coefficient (Wildman–Crippen LogP) is 4.29. The summed E-state index contributed by atoms with van der Waals surface area (Å²) in [6.07, 6.45) is 6.02. The highest BCUT2D eigenvalue weighted by Crippen LogP contribution is 2.30. The molecule has 0 spiro atoms. The van der Waals surface area contributed by atoms with Crippen LogP contribution in [0, 0.1) is 16.6 Å². The summed E-state index contributed by atoms with van der Waals surface area (Å²) in [5.74, 6) is -0.255. The van der Waals surface area contributed by atoms with Crippen LogP contribution in [0.3, 0.4) is 0 Å². The van der Waals surface area contributed by atoms with E-state index < -0.39 is 6.04 Å². The van der Waals surface area contributed by atoms with E-state index in [4.69, 9.17) is 0 Å². The number of Topliss-reactive ketones (excluding diaryl/α,β-unsaturated/α-hetero) is 1. The fraction of sp³-hybridized carbons (Fsp3) is 0.520. The molecule has 0 bridgehead atoms. The van der Waals surface area contributed by atoms with Crippen LogP contribution in [0.25, 0.3) is 0 Å². The Morgan fingerprint density at radius 1 is 1.03 bits per heavy atom. The number of nitroso groups, excluding NO2 is 1. The van der Waals surface area contributed by atoms with Crippen LogP contribution < -0.4 is 0 Å². The Balaban J connectivity index is 1.24. The maximum Gasteiger partial charge on any atom is 0.255 e. The molecule has 3 heterocycles. The zero-order valence-corrected chi connectivity index (χ0v) is 19.1. The average molecular weight is 455 g/mol. The number of ketones is 1. The molecule has 1 unspecified atom stereocenters. The minimum absolute atomic E-state index is 0.00508. The number of amides is 1. The molecular weight excluding hydrogens is 423 g/mol. The predicted molar refractivity (Wildman–Crippen MR) is 124 cm³/mol. The summed E-state index contributed by atoms with van der Waals surface area (Å²) >= 11 is 0. The second-order valence-electron chi connectivity index (χ2n) is 9.14. The number of aryl methyl sites for hydroxylation is 1. The third-order valence-electron chi connectivity index (χ3n) is 6.97. The Labute approximate surface area is 193 Å². The van der Waals surface area contributed by atoms with E-state index >= 15 is 0 Å². The van der Waals surface area contributed by atoms with E-state index in [-0.39, 0.29) is 23.4 Å². The van der Waals surface area contributed by atoms with E-state index in [2.05, 4.69) is 10.1 Å². The van der Waals surface area contributed by atoms with Gasteiger partial charge in [0.05, 0.1) is 11.3 Å². The summed E-state index contributed by atoms with van der Waals surface area (Å²) in [6, 6.07) is 7.15. The van der Waals surface area contributed by atoms with Gasteiger partial charge < -0.3 is 14.4 Å². The molecule has 1 saturated heterocycles. The lowest BCUT2D eigenvalue weighted by Crippen LogP contribution is -2.37. The Morgan fingerprint density at radius 2 is 1.73 bits per heavy atom. The van der Waals surface area contributed by atoms with E-state index in [1.165, 1.54) is 12.1 Å². The number of nitrogens with zero attached hydrogens (tertiary/aromatic N) is 4. The lowest BCUT2D eigenvalue weighted by molar-refractivity contribution is 0.0798. The Kier molecular flexibility index (Phi) is 7.33. The van der Waals surface area contributed by atoms with Gasteiger partial charge in [-0.15, -0.1) is 0 Å². The zero-order valence-electron chi connectivity index (χ0n) is 19.1. The Bertz CT molecular complexity index is 996. The lowest BCUT2D eigenvalue weighted by Gasteiger charge is -2.31. The van der Waals surface area contributed by atoms with Gasteiger partial charge in [-0.2, -0.15) is 4.91 Å². The van der Waals surface area contributed by atoms with Gasteiger partial charge in [0.25, 0.3) is 5.91 Å². The number of unbranched alkanes of at least 4 members (excludes halogenated alkanes) is 1. The van der Waals surface area contributed by atoms with Crippen molar-refractivity contribution in [1.29, 1.82) is 0 Å². The summed E-state index contributed by atoms with van der Waals surface area (Å²) in [5.41, 5.74) is 1.93. The fourth-order valence-corrected chi connectivity index (χ4v) is 4.98. The first-order valence-electron chi connectivity index (χ1n) is 11.8. The topological polar surface area (TPSA) is 75.0 Å². The molecule has 0 N–H and O–H groups in total. The van der Waals surface area contributed by atoms with Crippen molar-refractivity contribution in [2.75, 3.05) is 33.2 Å². The molecule has 1 aromatic carbocycles. The molecule has 2 aliphatic heterocycles. The molecule has 1 amide bonds. The lowest BCUT2D eigenvalue weighted by atomic mass is 9.89. The number of carbonyl (C=O) groups excluding carboxylic acids is 2. The van der Waals surface area contributed by atoms with E-state index in [0.717, 1.165) is 57.6 Å². The highest BCUT2D eigenvalue weighted by molar-refractivity contribution is 5.98. The molecule has 33 heavy (non-hydrogen) atoms. The molecule has 8 heteroatoms. The van der Waals surface area contributed by atoms with Crippen molar-refractivity contribution in [1.82, 2.24) is 14.4 Å². The molecular formula is C25H31FN4O3. The first-order chi connectivity index (χ1) is 16.0. The number of hydrogen-bond donors (Lipinski definition) is 0. The van der Waals surface area contributed by atoms with Crippen LogP contribution in [-0.2, 0) is 6.54 Å². The smallest absolute Gasteiger partial charge is 0.255 e. The van der Waals surface area contributed by atoms with E-state index in [0.29, 0.717) is 24.1 Å². The number of halogens is 1. The number of fused-ring (bicyclic) bond motifs is 1. The summed E-state index contributed by atoms with van der Waals surface area (Å²) in [6.45, 7) is 4.00. The van der Waals surface area contributed by atoms with Crippen LogP contribution in [0.4, 0.5) is 4.39 Å². The molecule has 0 saturated carbocycles. The number of likely N-dealkylation sites (tertiary alicyclic amines) is 1. The van der Waals surface area contributed by atoms with Gasteiger partial charge in [0.15, 0.2) is 5.78 Å². The number of rotatable bonds is 8. The molecule has 1 fully saturated rings. The van der Waals surface area contributed by atoms with Gasteiger partial charge >= 0.3 is 0 Å². The fourth-order valence-electron chi connectivity index (χ4n) is 4.98. The summed E-state index contributed by atoms with van der Waals surface area (Å²) in [4.78, 5) is 40.6. The SMILES string of the molecule is CN1CCC(N=O)c2c(ccn2CCCCN2CCC(C(=O)c3ccc(F)cc3)CC2)C1=O. The van der Waals surface area contributed by atoms with E-state index in [9.17, 15) is 18.9 Å². The van der Waals surface area contributed by atoms with Crippen molar-refractivity contribution >= 4 is 11.7 Å². The zero-order chi connectivity index (χ0) is 23.4. The maximum absolute atomic E-state index is 13.1. The number of piperidine rings is 1. The Morgan fingerprint density at radius 3 is 2.42 bits per heavy atom. The summed E-state index contributed by atoms with van der Waals surface area (Å²) in [7, 11) is 1.76. The minimum Gasteiger partial charge on any atom is -0.349 e. The van der Waals surface area contributed by atoms with E-state index in [1.807, 2.05) is 10.8 Å². The number of hydrogen-bond acceptors (Lipinski definition) is 5. The van der Waals surface area contributed by atoms with Crippen molar-refractivity contribution in [3.05, 3.63) is 64.1 Å². The number of benzene rings is 1. The first kappa shape index (κ1) is 23.3. The van der Waals surface area contributed by atoms with Crippen LogP contribution in [0.1, 0.15) is 64.6 Å². The highest BCUT2D eigenvalue weighted by Gasteiger charge is 2.30. The number of carbonyl (C=O) groups is 2. The largest absolute Gasteiger partial charge is 0.349 e. The standard InChI is InChI=1S/C25H31FN4O3/c1-28-14-11-22(27-33)23-21(25(28)32)10-17-30(23)13-3-2-12-29-15-8-19(9-16-29)24(31)18-4-6-20(26)7-5-18/h4-7,10,17,19,22H,2-3,8-9,11-16H2,1H3. The van der Waals surface area contributed by atoms with Crippen molar-refractivity contribution in [2.24, 2.45) is 11.1 Å². The second-order valence-corrected chi connectivity index (χ2v) is 9.14. The molecule has 4 rings (SSSR count). The second kappa shape index (κ2) is 10.4. The van der Waals surface area contributed by atoms with Gasteiger partial charge in [-0.1, -0.05) is 5.18 Å². The molecule has 0 radical (unpaired) electrons. The van der Waals surface area contributed by atoms with Crippen molar-refractivity contribution in [2.45, 2.75) is 44.7 Å². The highest BCUT2D eigenvalue weighted by atomic mass is 19.1. The van der Waals surface area contributed by atoms with Gasteiger partial charge in [-0.3, -0.25) is 9.59 Å². The average Bonchev–Trinajstić information content (AvgIpc) is 3.20. The van der Waals surface area contributed by atoms with Crippen LogP contribution in [0.15, 0.2) is 41.7 Å². The van der Waals surface area contributed by atoms with Crippen LogP contribution >= 0.6 is 0 Å². The van der Waals surface area contributed by atoms with Crippen molar-refractivity contribution in [3.8, 4) is 0 Å². The van der Waals surface area contributed by atoms with E-state index in [1.54, 1.807) is 30.1 Å². The monoisotopic (exact) mass is 454 g/mol. The molecule has 1 atom stereocenters. The quantitative estimate of drug-likeness (QED) is 0.339. The molecule has 0 aliphatic carbocycles. The normalized spacial score (nSPS) is 19.9. The maximum atomic E-state index is 13.1. The van der Waals surface area contributed by atoms with Crippen molar-refractivity contribution in [3.63, 3.8) is 0 Å². The van der Waals surface area contributed by atoms with Crippen LogP contribution in [0.2, 0.25) is 0 Å². The van der Waals surface area contributed by atoms with Gasteiger partial charge in [0.1, 0.15) is 11.9 Å². The van der Waals surface area contributed by atoms with Crippen LogP contribution in [-0.4, -0.2) is 59.3 Å². The summed E-state index contributed by atoms with van der Waals surface area (Å²) in [5, 5.41) is 3.30. The van der Waals surface area contributed by atoms with Gasteiger partial charge in [-0.05, 0) is 82.1 Å². The first-order valence-corrected chi connectivity index (χ1v) is 11.8. The number of aromatic nitrogens is 1. The van der Waals surface area contributed by atoms with Crippen LogP contribution in [0.5, 0.6) is 0 Å². The third-order valence-corrected chi connectivity index (χ3v) is 6.97. The Hall–Kier alpha value is -2.87. The summed E-state index contributed by atoms with van der Waals surface area (Å²) < 4.78 is 15.1. The van der Waals surface area contributed by atoms with Gasteiger partial charge in [0.2, 0.25) is 0 Å². The minimum atomic E-state index is -0.485. The molecule has 1 aromatic heterocycles. The van der Waals surface area contributed by atoms with Gasteiger partial charge in [-0.25, -0.2) is 4.39 Å². The van der Waals surface area contributed by atoms with Crippen molar-refractivity contribution < 1.29 is 14.0 Å². The molecule has 7 nitrogen and oxygen atoms in total. The third kappa shape index (κ3) is 5.21. The molecule has 2 aromatic rings. The molecule has 2 aliphatic rings. The van der Waals surface area contributed by atoms with Gasteiger partial charge in [0, 0.05) is 37.8 Å².